The second kappa shape index (κ2) is 7.65. The van der Waals surface area contributed by atoms with E-state index >= 15 is 0 Å². The van der Waals surface area contributed by atoms with Gasteiger partial charge in [0.2, 0.25) is 0 Å². The lowest BCUT2D eigenvalue weighted by Gasteiger charge is -2.11. The molecule has 0 spiro atoms. The lowest BCUT2D eigenvalue weighted by atomic mass is 10.2. The largest absolute Gasteiger partial charge is 0.497 e. The van der Waals surface area contributed by atoms with Crippen molar-refractivity contribution < 1.29 is 17.9 Å². The SMILES string of the molecule is CCN1C(=O)/C(=C/c2cccc(OC)c2)SC1=NS(=O)(=O)c1cccs1. The number of benzene rings is 1. The van der Waals surface area contributed by atoms with Gasteiger partial charge >= 0.3 is 0 Å². The lowest BCUT2D eigenvalue weighted by molar-refractivity contribution is -0.122. The third kappa shape index (κ3) is 3.84. The van der Waals surface area contributed by atoms with Gasteiger partial charge in [0, 0.05) is 6.54 Å². The highest BCUT2D eigenvalue weighted by molar-refractivity contribution is 8.19. The summed E-state index contributed by atoms with van der Waals surface area (Å²) in [5, 5.41) is 1.84. The van der Waals surface area contributed by atoms with E-state index in [1.807, 2.05) is 18.2 Å². The Balaban J connectivity index is 1.96. The summed E-state index contributed by atoms with van der Waals surface area (Å²) >= 11 is 2.15. The average Bonchev–Trinajstić information content (AvgIpc) is 3.25. The summed E-state index contributed by atoms with van der Waals surface area (Å²) in [4.78, 5) is 14.4. The number of amides is 1. The second-order valence-electron chi connectivity index (χ2n) is 5.22. The Kier molecular flexibility index (Phi) is 5.49. The van der Waals surface area contributed by atoms with E-state index in [0.717, 1.165) is 28.7 Å². The first-order chi connectivity index (χ1) is 12.4. The number of rotatable bonds is 5. The molecule has 1 aromatic heterocycles. The fourth-order valence-electron chi connectivity index (χ4n) is 2.30. The van der Waals surface area contributed by atoms with Gasteiger partial charge in [0.25, 0.3) is 15.9 Å². The van der Waals surface area contributed by atoms with Crippen LogP contribution in [-0.4, -0.2) is 38.0 Å². The van der Waals surface area contributed by atoms with Gasteiger partial charge in [-0.2, -0.15) is 8.42 Å². The molecule has 1 fully saturated rings. The van der Waals surface area contributed by atoms with Gasteiger partial charge < -0.3 is 4.74 Å². The summed E-state index contributed by atoms with van der Waals surface area (Å²) < 4.78 is 34.0. The van der Waals surface area contributed by atoms with Crippen molar-refractivity contribution in [3.63, 3.8) is 0 Å². The van der Waals surface area contributed by atoms with Crippen molar-refractivity contribution in [2.75, 3.05) is 13.7 Å². The molecule has 136 valence electrons. The van der Waals surface area contributed by atoms with Gasteiger partial charge in [-0.1, -0.05) is 18.2 Å². The van der Waals surface area contributed by atoms with Gasteiger partial charge in [-0.25, -0.2) is 0 Å². The number of sulfonamides is 1. The number of ether oxygens (including phenoxy) is 1. The van der Waals surface area contributed by atoms with E-state index in [1.165, 1.54) is 11.0 Å². The van der Waals surface area contributed by atoms with Crippen molar-refractivity contribution >= 4 is 50.3 Å². The zero-order valence-electron chi connectivity index (χ0n) is 14.1. The van der Waals surface area contributed by atoms with E-state index in [4.69, 9.17) is 4.74 Å². The van der Waals surface area contributed by atoms with E-state index in [0.29, 0.717) is 17.2 Å². The maximum atomic E-state index is 12.6. The molecular formula is C17H16N2O4S3. The van der Waals surface area contributed by atoms with Crippen LogP contribution in [-0.2, 0) is 14.8 Å². The van der Waals surface area contributed by atoms with E-state index in [1.54, 1.807) is 37.6 Å². The Hall–Kier alpha value is -2.10. The van der Waals surface area contributed by atoms with Crippen LogP contribution in [0, 0.1) is 0 Å². The first kappa shape index (κ1) is 18.7. The Morgan fingerprint density at radius 3 is 2.73 bits per heavy atom. The number of nitrogens with zero attached hydrogens (tertiary/aromatic N) is 2. The molecule has 2 aromatic rings. The Labute approximate surface area is 160 Å². The predicted molar refractivity (Wildman–Crippen MR) is 105 cm³/mol. The number of methoxy groups -OCH3 is 1. The molecule has 0 aliphatic carbocycles. The standard InChI is InChI=1S/C17H16N2O4S3/c1-3-19-16(20)14(11-12-6-4-7-13(10-12)23-2)25-17(19)18-26(21,22)15-8-5-9-24-15/h4-11H,3H2,1-2H3/b14-11-,18-17?. The number of carbonyl (C=O) groups is 1. The van der Waals surface area contributed by atoms with Crippen molar-refractivity contribution in [2.24, 2.45) is 4.40 Å². The van der Waals surface area contributed by atoms with Crippen LogP contribution in [0.4, 0.5) is 0 Å². The number of hydrogen-bond acceptors (Lipinski definition) is 6. The molecule has 2 heterocycles. The zero-order chi connectivity index (χ0) is 18.7. The first-order valence-corrected chi connectivity index (χ1v) is 10.8. The van der Waals surface area contributed by atoms with Gasteiger partial charge in [0.1, 0.15) is 9.96 Å². The number of thiophene rings is 1. The first-order valence-electron chi connectivity index (χ1n) is 7.68. The van der Waals surface area contributed by atoms with E-state index in [9.17, 15) is 13.2 Å². The van der Waals surface area contributed by atoms with Gasteiger partial charge in [-0.15, -0.1) is 15.7 Å². The van der Waals surface area contributed by atoms with E-state index < -0.39 is 10.0 Å². The molecule has 0 unspecified atom stereocenters. The minimum atomic E-state index is -3.83. The van der Waals surface area contributed by atoms with Gasteiger partial charge in [0.05, 0.1) is 12.0 Å². The van der Waals surface area contributed by atoms with Crippen LogP contribution in [0.1, 0.15) is 12.5 Å². The summed E-state index contributed by atoms with van der Waals surface area (Å²) in [5.41, 5.74) is 0.790. The van der Waals surface area contributed by atoms with Gasteiger partial charge in [0.15, 0.2) is 5.17 Å². The minimum absolute atomic E-state index is 0.152. The van der Waals surface area contributed by atoms with Crippen LogP contribution in [0.2, 0.25) is 0 Å². The van der Waals surface area contributed by atoms with Crippen LogP contribution in [0.5, 0.6) is 5.75 Å². The fraction of sp³-hybridized carbons (Fsp3) is 0.176. The maximum Gasteiger partial charge on any atom is 0.294 e. The van der Waals surface area contributed by atoms with Crippen molar-refractivity contribution in [3.8, 4) is 5.75 Å². The molecule has 3 rings (SSSR count). The molecule has 9 heteroatoms. The highest BCUT2D eigenvalue weighted by atomic mass is 32.2. The summed E-state index contributed by atoms with van der Waals surface area (Å²) in [7, 11) is -2.26. The average molecular weight is 409 g/mol. The Morgan fingerprint density at radius 2 is 2.08 bits per heavy atom. The quantitative estimate of drug-likeness (QED) is 0.709. The van der Waals surface area contributed by atoms with E-state index in [2.05, 4.69) is 4.40 Å². The number of hydrogen-bond donors (Lipinski definition) is 0. The number of carbonyl (C=O) groups excluding carboxylic acids is 1. The van der Waals surface area contributed by atoms with Crippen LogP contribution in [0.3, 0.4) is 0 Å². The molecule has 0 saturated carbocycles. The highest BCUT2D eigenvalue weighted by Gasteiger charge is 2.34. The summed E-state index contributed by atoms with van der Waals surface area (Å²) in [6, 6.07) is 10.4. The van der Waals surface area contributed by atoms with Crippen LogP contribution in [0.25, 0.3) is 6.08 Å². The van der Waals surface area contributed by atoms with Crippen LogP contribution >= 0.6 is 23.1 Å². The topological polar surface area (TPSA) is 76.0 Å². The minimum Gasteiger partial charge on any atom is -0.497 e. The number of likely N-dealkylation sites (N-methyl/N-ethyl adjacent to an activating group) is 1. The van der Waals surface area contributed by atoms with Crippen molar-refractivity contribution in [1.82, 2.24) is 4.90 Å². The molecular weight excluding hydrogens is 392 g/mol. The second-order valence-corrected chi connectivity index (χ2v) is 9.01. The van der Waals surface area contributed by atoms with Crippen LogP contribution in [0.15, 0.2) is 55.3 Å². The Bertz CT molecular complexity index is 979. The molecule has 1 saturated heterocycles. The molecule has 0 N–H and O–H groups in total. The fourth-order valence-corrected chi connectivity index (χ4v) is 5.51. The van der Waals surface area contributed by atoms with Gasteiger partial charge in [-0.3, -0.25) is 9.69 Å². The lowest BCUT2D eigenvalue weighted by Crippen LogP contribution is -2.29. The van der Waals surface area contributed by atoms with Crippen molar-refractivity contribution in [3.05, 3.63) is 52.2 Å². The molecule has 1 amide bonds. The number of amidine groups is 1. The molecule has 1 aliphatic heterocycles. The zero-order valence-corrected chi connectivity index (χ0v) is 16.5. The highest BCUT2D eigenvalue weighted by Crippen LogP contribution is 2.34. The molecule has 26 heavy (non-hydrogen) atoms. The van der Waals surface area contributed by atoms with E-state index in [-0.39, 0.29) is 15.3 Å². The molecule has 0 radical (unpaired) electrons. The molecule has 6 nitrogen and oxygen atoms in total. The smallest absolute Gasteiger partial charge is 0.294 e. The predicted octanol–water partition coefficient (Wildman–Crippen LogP) is 3.44. The summed E-state index contributed by atoms with van der Waals surface area (Å²) in [6.45, 7) is 2.11. The molecule has 0 bridgehead atoms. The normalized spacial score (nSPS) is 18.1. The third-order valence-electron chi connectivity index (χ3n) is 3.54. The Morgan fingerprint density at radius 1 is 1.27 bits per heavy atom. The van der Waals surface area contributed by atoms with Crippen molar-refractivity contribution in [2.45, 2.75) is 11.1 Å². The third-order valence-corrected chi connectivity index (χ3v) is 7.31. The maximum absolute atomic E-state index is 12.6. The summed E-state index contributed by atoms with van der Waals surface area (Å²) in [6.07, 6.45) is 1.71. The monoisotopic (exact) mass is 408 g/mol. The van der Waals surface area contributed by atoms with Gasteiger partial charge in [-0.05, 0) is 53.9 Å². The van der Waals surface area contributed by atoms with Crippen molar-refractivity contribution in [1.29, 1.82) is 0 Å². The summed E-state index contributed by atoms with van der Waals surface area (Å²) in [5.74, 6) is 0.414. The number of thioether (sulfide) groups is 1. The molecule has 0 atom stereocenters. The molecule has 1 aromatic carbocycles. The molecule has 1 aliphatic rings. The van der Waals surface area contributed by atoms with Crippen LogP contribution < -0.4 is 4.74 Å².